The largest absolute Gasteiger partial charge is 0.388 e. The molecule has 3 rings (SSSR count). The number of fused-ring (bicyclic) bond motifs is 1. The molecule has 2 aromatic rings. The predicted octanol–water partition coefficient (Wildman–Crippen LogP) is 4.79. The number of nitrogens with zero attached hydrogens (tertiary/aromatic N) is 1. The lowest BCUT2D eigenvalue weighted by Gasteiger charge is -2.31. The predicted molar refractivity (Wildman–Crippen MR) is 87.2 cm³/mol. The third-order valence-electron chi connectivity index (χ3n) is 5.11. The number of aromatic nitrogens is 1. The van der Waals surface area contributed by atoms with Crippen LogP contribution in [0.25, 0.3) is 10.9 Å². The summed E-state index contributed by atoms with van der Waals surface area (Å²) in [6, 6.07) is 10.2. The van der Waals surface area contributed by atoms with Gasteiger partial charge in [-0.25, -0.2) is 0 Å². The second-order valence-electron chi connectivity index (χ2n) is 6.50. The van der Waals surface area contributed by atoms with E-state index in [4.69, 9.17) is 0 Å². The molecule has 0 spiro atoms. The molecule has 0 radical (unpaired) electrons. The highest BCUT2D eigenvalue weighted by Gasteiger charge is 2.27. The van der Waals surface area contributed by atoms with Crippen molar-refractivity contribution in [3.63, 3.8) is 0 Å². The Morgan fingerprint density at radius 3 is 2.62 bits per heavy atom. The molecule has 1 aliphatic rings. The quantitative estimate of drug-likeness (QED) is 0.878. The molecular formula is C19H25NO. The third kappa shape index (κ3) is 2.96. The van der Waals surface area contributed by atoms with Crippen molar-refractivity contribution in [3.05, 3.63) is 41.6 Å². The van der Waals surface area contributed by atoms with Gasteiger partial charge in [-0.15, -0.1) is 0 Å². The summed E-state index contributed by atoms with van der Waals surface area (Å²) >= 11 is 0. The van der Waals surface area contributed by atoms with E-state index in [1.54, 1.807) is 0 Å². The van der Waals surface area contributed by atoms with Crippen LogP contribution >= 0.6 is 0 Å². The maximum absolute atomic E-state index is 10.9. The van der Waals surface area contributed by atoms with Gasteiger partial charge in [0.25, 0.3) is 0 Å². The minimum Gasteiger partial charge on any atom is -0.388 e. The van der Waals surface area contributed by atoms with Crippen molar-refractivity contribution < 1.29 is 5.11 Å². The lowest BCUT2D eigenvalue weighted by Crippen LogP contribution is -2.20. The Morgan fingerprint density at radius 1 is 1.19 bits per heavy atom. The molecule has 0 amide bonds. The van der Waals surface area contributed by atoms with Gasteiger partial charge >= 0.3 is 0 Å². The Hall–Kier alpha value is -1.41. The summed E-state index contributed by atoms with van der Waals surface area (Å²) in [6.07, 6.45) is 5.75. The molecule has 0 saturated heterocycles. The Kier molecular flexibility index (Phi) is 4.25. The van der Waals surface area contributed by atoms with E-state index in [9.17, 15) is 5.11 Å². The molecule has 1 atom stereocenters. The summed E-state index contributed by atoms with van der Waals surface area (Å²) in [7, 11) is 0. The summed E-state index contributed by atoms with van der Waals surface area (Å²) in [5.41, 5.74) is 3.05. The van der Waals surface area contributed by atoms with Gasteiger partial charge in [-0.3, -0.25) is 4.98 Å². The molecule has 1 aromatic carbocycles. The van der Waals surface area contributed by atoms with Gasteiger partial charge in [-0.1, -0.05) is 44.4 Å². The van der Waals surface area contributed by atoms with Crippen LogP contribution in [-0.4, -0.2) is 10.1 Å². The zero-order chi connectivity index (χ0) is 14.8. The fraction of sp³-hybridized carbons (Fsp3) is 0.526. The third-order valence-corrected chi connectivity index (χ3v) is 5.11. The van der Waals surface area contributed by atoms with Gasteiger partial charge in [0.1, 0.15) is 0 Å². The minimum absolute atomic E-state index is 0.352. The van der Waals surface area contributed by atoms with E-state index in [0.717, 1.165) is 40.9 Å². The first-order valence-electron chi connectivity index (χ1n) is 8.23. The van der Waals surface area contributed by atoms with Gasteiger partial charge in [0.2, 0.25) is 0 Å². The lowest BCUT2D eigenvalue weighted by atomic mass is 9.76. The average molecular weight is 283 g/mol. The molecule has 1 aromatic heterocycles. The van der Waals surface area contributed by atoms with Crippen molar-refractivity contribution in [3.8, 4) is 0 Å². The van der Waals surface area contributed by atoms with Crippen LogP contribution in [0.5, 0.6) is 0 Å². The van der Waals surface area contributed by atoms with Crippen molar-refractivity contribution in [2.45, 2.75) is 52.1 Å². The molecule has 0 bridgehead atoms. The smallest absolute Gasteiger partial charge is 0.0825 e. The zero-order valence-corrected chi connectivity index (χ0v) is 13.0. The molecule has 0 aliphatic heterocycles. The lowest BCUT2D eigenvalue weighted by molar-refractivity contribution is 0.0740. The van der Waals surface area contributed by atoms with Crippen LogP contribution in [0.3, 0.4) is 0 Å². The van der Waals surface area contributed by atoms with E-state index in [1.165, 1.54) is 19.3 Å². The van der Waals surface area contributed by atoms with Crippen LogP contribution in [0.1, 0.15) is 56.4 Å². The Balaban J connectivity index is 1.89. The number of aryl methyl sites for hydroxylation is 1. The first kappa shape index (κ1) is 14.5. The van der Waals surface area contributed by atoms with E-state index >= 15 is 0 Å². The summed E-state index contributed by atoms with van der Waals surface area (Å²) in [5, 5.41) is 12.0. The number of rotatable bonds is 3. The Bertz CT molecular complexity index is 614. The zero-order valence-electron chi connectivity index (χ0n) is 13.0. The van der Waals surface area contributed by atoms with Crippen LogP contribution in [-0.2, 0) is 0 Å². The van der Waals surface area contributed by atoms with E-state index in [0.29, 0.717) is 5.92 Å². The van der Waals surface area contributed by atoms with Gasteiger partial charge in [-0.2, -0.15) is 0 Å². The van der Waals surface area contributed by atoms with Crippen LogP contribution in [0.2, 0.25) is 0 Å². The van der Waals surface area contributed by atoms with E-state index < -0.39 is 0 Å². The molecule has 1 N–H and O–H groups in total. The van der Waals surface area contributed by atoms with Gasteiger partial charge in [0.15, 0.2) is 0 Å². The number of aliphatic hydroxyl groups excluding tert-OH is 1. The Morgan fingerprint density at radius 2 is 1.90 bits per heavy atom. The molecule has 1 saturated carbocycles. The first-order valence-corrected chi connectivity index (χ1v) is 8.23. The molecule has 1 aliphatic carbocycles. The van der Waals surface area contributed by atoms with Crippen molar-refractivity contribution in [2.75, 3.05) is 0 Å². The van der Waals surface area contributed by atoms with Gasteiger partial charge in [-0.05, 0) is 49.3 Å². The number of hydrogen-bond donors (Lipinski definition) is 1. The molecule has 1 unspecified atom stereocenters. The molecule has 2 nitrogen and oxygen atoms in total. The fourth-order valence-electron chi connectivity index (χ4n) is 3.75. The SMILES string of the molecule is CCC1CCC(C(O)c2cc(C)nc3ccccc23)CC1. The normalized spacial score (nSPS) is 24.1. The highest BCUT2D eigenvalue weighted by molar-refractivity contribution is 5.82. The molecular weight excluding hydrogens is 258 g/mol. The fourth-order valence-corrected chi connectivity index (χ4v) is 3.75. The van der Waals surface area contributed by atoms with Gasteiger partial charge in [0, 0.05) is 11.1 Å². The maximum Gasteiger partial charge on any atom is 0.0825 e. The number of aliphatic hydroxyl groups is 1. The molecule has 2 heteroatoms. The second-order valence-corrected chi connectivity index (χ2v) is 6.50. The van der Waals surface area contributed by atoms with E-state index in [-0.39, 0.29) is 6.10 Å². The first-order chi connectivity index (χ1) is 10.2. The highest BCUT2D eigenvalue weighted by atomic mass is 16.3. The van der Waals surface area contributed by atoms with E-state index in [2.05, 4.69) is 24.0 Å². The Labute approximate surface area is 127 Å². The van der Waals surface area contributed by atoms with Crippen LogP contribution in [0.4, 0.5) is 0 Å². The van der Waals surface area contributed by atoms with Crippen molar-refractivity contribution in [1.82, 2.24) is 4.98 Å². The van der Waals surface area contributed by atoms with Crippen molar-refractivity contribution in [2.24, 2.45) is 11.8 Å². The van der Waals surface area contributed by atoms with Crippen molar-refractivity contribution >= 4 is 10.9 Å². The number of para-hydroxylation sites is 1. The molecule has 21 heavy (non-hydrogen) atoms. The van der Waals surface area contributed by atoms with E-state index in [1.807, 2.05) is 25.1 Å². The van der Waals surface area contributed by atoms with Crippen molar-refractivity contribution in [1.29, 1.82) is 0 Å². The standard InChI is InChI=1S/C19H25NO/c1-3-14-8-10-15(11-9-14)19(21)17-12-13(2)20-18-7-5-4-6-16(17)18/h4-7,12,14-15,19,21H,3,8-11H2,1-2H3. The minimum atomic E-state index is -0.352. The second kappa shape index (κ2) is 6.15. The van der Waals surface area contributed by atoms with Crippen LogP contribution in [0, 0.1) is 18.8 Å². The van der Waals surface area contributed by atoms with Crippen LogP contribution < -0.4 is 0 Å². The topological polar surface area (TPSA) is 33.1 Å². The number of hydrogen-bond acceptors (Lipinski definition) is 2. The molecule has 1 fully saturated rings. The van der Waals surface area contributed by atoms with Crippen LogP contribution in [0.15, 0.2) is 30.3 Å². The number of pyridine rings is 1. The monoisotopic (exact) mass is 283 g/mol. The summed E-state index contributed by atoms with van der Waals surface area (Å²) in [4.78, 5) is 4.58. The summed E-state index contributed by atoms with van der Waals surface area (Å²) in [6.45, 7) is 4.29. The highest BCUT2D eigenvalue weighted by Crippen LogP contribution is 2.39. The van der Waals surface area contributed by atoms with Gasteiger partial charge < -0.3 is 5.11 Å². The average Bonchev–Trinajstić information content (AvgIpc) is 2.53. The van der Waals surface area contributed by atoms with Gasteiger partial charge in [0.05, 0.1) is 11.6 Å². The molecule has 1 heterocycles. The molecule has 112 valence electrons. The maximum atomic E-state index is 10.9. The number of benzene rings is 1. The summed E-state index contributed by atoms with van der Waals surface area (Å²) < 4.78 is 0. The summed E-state index contributed by atoms with van der Waals surface area (Å²) in [5.74, 6) is 1.27.